The lowest BCUT2D eigenvalue weighted by molar-refractivity contribution is -0.122. The minimum absolute atomic E-state index is 0.0129. The van der Waals surface area contributed by atoms with E-state index in [1.807, 2.05) is 50.6 Å². The quantitative estimate of drug-likeness (QED) is 0.501. The third-order valence-electron chi connectivity index (χ3n) is 6.78. The van der Waals surface area contributed by atoms with E-state index < -0.39 is 0 Å². The maximum absolute atomic E-state index is 11.5. The van der Waals surface area contributed by atoms with Gasteiger partial charge in [0.2, 0.25) is 11.9 Å². The van der Waals surface area contributed by atoms with Crippen LogP contribution in [0.4, 0.5) is 5.95 Å². The molecule has 7 nitrogen and oxygen atoms in total. The van der Waals surface area contributed by atoms with Crippen LogP contribution in [0.2, 0.25) is 0 Å². The molecule has 1 aliphatic carbocycles. The van der Waals surface area contributed by atoms with E-state index >= 15 is 0 Å². The number of amides is 1. The van der Waals surface area contributed by atoms with Crippen molar-refractivity contribution in [2.75, 3.05) is 11.9 Å². The minimum Gasteiger partial charge on any atom is -0.369 e. The van der Waals surface area contributed by atoms with Gasteiger partial charge in [-0.1, -0.05) is 30.3 Å². The highest BCUT2D eigenvalue weighted by Gasteiger charge is 2.28. The summed E-state index contributed by atoms with van der Waals surface area (Å²) in [6.07, 6.45) is 9.32. The third kappa shape index (κ3) is 4.06. The predicted octanol–water partition coefficient (Wildman–Crippen LogP) is 4.25. The molecule has 4 aromatic rings. The molecule has 0 spiro atoms. The van der Waals surface area contributed by atoms with E-state index in [2.05, 4.69) is 43.7 Å². The summed E-state index contributed by atoms with van der Waals surface area (Å²) in [5.41, 5.74) is 11.5. The van der Waals surface area contributed by atoms with Crippen molar-refractivity contribution in [2.45, 2.75) is 38.6 Å². The van der Waals surface area contributed by atoms with E-state index in [1.165, 1.54) is 0 Å². The normalized spacial score (nSPS) is 18.4. The van der Waals surface area contributed by atoms with Crippen molar-refractivity contribution in [3.63, 3.8) is 0 Å². The lowest BCUT2D eigenvalue weighted by Crippen LogP contribution is -2.38. The van der Waals surface area contributed by atoms with Crippen LogP contribution in [0.5, 0.6) is 0 Å². The predicted molar refractivity (Wildman–Crippen MR) is 130 cm³/mol. The molecule has 1 saturated carbocycles. The number of aromatic nitrogens is 4. The van der Waals surface area contributed by atoms with E-state index in [4.69, 9.17) is 10.7 Å². The molecule has 0 saturated heterocycles. The van der Waals surface area contributed by atoms with Gasteiger partial charge in [0.15, 0.2) is 0 Å². The molecule has 1 amide bonds. The fraction of sp³-hybridized carbons (Fsp3) is 0.308. The third-order valence-corrected chi connectivity index (χ3v) is 6.78. The molecule has 1 fully saturated rings. The van der Waals surface area contributed by atoms with Crippen LogP contribution >= 0.6 is 0 Å². The lowest BCUT2D eigenvalue weighted by Gasteiger charge is -2.33. The molecule has 0 aliphatic heterocycles. The van der Waals surface area contributed by atoms with Gasteiger partial charge < -0.3 is 10.6 Å². The number of anilines is 1. The van der Waals surface area contributed by atoms with Crippen molar-refractivity contribution in [2.24, 2.45) is 11.7 Å². The largest absolute Gasteiger partial charge is 0.369 e. The summed E-state index contributed by atoms with van der Waals surface area (Å²) in [5.74, 6) is 0.487. The number of hydrogen-bond acceptors (Lipinski definition) is 5. The number of aryl methyl sites for hydroxylation is 1. The van der Waals surface area contributed by atoms with Crippen LogP contribution < -0.4 is 10.6 Å². The van der Waals surface area contributed by atoms with Crippen LogP contribution in [0.1, 0.15) is 31.2 Å². The molecule has 3 heterocycles. The Morgan fingerprint density at radius 2 is 1.76 bits per heavy atom. The number of imidazole rings is 1. The molecule has 168 valence electrons. The van der Waals surface area contributed by atoms with Crippen molar-refractivity contribution in [3.8, 4) is 22.5 Å². The number of fused-ring (bicyclic) bond motifs is 1. The number of carbonyl (C=O) groups excluding carboxylic acids is 1. The Morgan fingerprint density at radius 3 is 2.48 bits per heavy atom. The van der Waals surface area contributed by atoms with Gasteiger partial charge in [-0.05, 0) is 61.4 Å². The summed E-state index contributed by atoms with van der Waals surface area (Å²) in [7, 11) is 2.03. The average Bonchev–Trinajstić information content (AvgIpc) is 3.27. The topological polar surface area (TPSA) is 89.4 Å². The van der Waals surface area contributed by atoms with Gasteiger partial charge in [-0.15, -0.1) is 0 Å². The van der Waals surface area contributed by atoms with Gasteiger partial charge >= 0.3 is 0 Å². The molecule has 5 rings (SSSR count). The van der Waals surface area contributed by atoms with E-state index in [1.54, 1.807) is 0 Å². The monoisotopic (exact) mass is 440 g/mol. The second-order valence-corrected chi connectivity index (χ2v) is 8.88. The molecule has 0 radical (unpaired) electrons. The van der Waals surface area contributed by atoms with Gasteiger partial charge in [-0.25, -0.2) is 15.0 Å². The highest BCUT2D eigenvalue weighted by Crippen LogP contribution is 2.30. The summed E-state index contributed by atoms with van der Waals surface area (Å²) >= 11 is 0. The molecule has 7 heteroatoms. The molecular weight excluding hydrogens is 412 g/mol. The Hall–Kier alpha value is -3.74. The standard InChI is InChI=1S/C26H28N6O/c1-17-14-29-26(31(2)21-11-8-19(9-12-21)25(27)33)30-24(17)22-15-28-23-13-10-20(16-32(22)23)18-6-4-3-5-7-18/h3-7,10,13-16,19,21H,8-9,11-12H2,1-2H3,(H2,27,33). The molecule has 0 unspecified atom stereocenters. The molecule has 0 bridgehead atoms. The zero-order valence-electron chi connectivity index (χ0n) is 19.0. The summed E-state index contributed by atoms with van der Waals surface area (Å²) in [6.45, 7) is 2.03. The number of nitrogens with two attached hydrogens (primary N) is 1. The molecule has 33 heavy (non-hydrogen) atoms. The summed E-state index contributed by atoms with van der Waals surface area (Å²) in [5, 5.41) is 0. The Balaban J connectivity index is 1.48. The molecule has 1 aromatic carbocycles. The SMILES string of the molecule is Cc1cnc(N(C)C2CCC(C(N)=O)CC2)nc1-c1cnc2ccc(-c3ccccc3)cn12. The highest BCUT2D eigenvalue weighted by atomic mass is 16.1. The Kier molecular flexibility index (Phi) is 5.54. The first-order valence-electron chi connectivity index (χ1n) is 11.4. The first-order valence-corrected chi connectivity index (χ1v) is 11.4. The molecule has 3 aromatic heterocycles. The van der Waals surface area contributed by atoms with Crippen molar-refractivity contribution in [1.82, 2.24) is 19.4 Å². The van der Waals surface area contributed by atoms with Crippen LogP contribution in [0.15, 0.2) is 61.1 Å². The summed E-state index contributed by atoms with van der Waals surface area (Å²) in [6, 6.07) is 14.7. The van der Waals surface area contributed by atoms with Crippen molar-refractivity contribution >= 4 is 17.5 Å². The summed E-state index contributed by atoms with van der Waals surface area (Å²) in [4.78, 5) is 27.8. The maximum Gasteiger partial charge on any atom is 0.225 e. The van der Waals surface area contributed by atoms with Crippen LogP contribution in [0, 0.1) is 12.8 Å². The molecular formula is C26H28N6O. The van der Waals surface area contributed by atoms with E-state index in [0.717, 1.165) is 59.4 Å². The number of benzene rings is 1. The Morgan fingerprint density at radius 1 is 1.00 bits per heavy atom. The van der Waals surface area contributed by atoms with E-state index in [-0.39, 0.29) is 11.8 Å². The number of rotatable bonds is 5. The summed E-state index contributed by atoms with van der Waals surface area (Å²) < 4.78 is 2.10. The highest BCUT2D eigenvalue weighted by molar-refractivity contribution is 5.76. The van der Waals surface area contributed by atoms with Crippen molar-refractivity contribution < 1.29 is 4.79 Å². The van der Waals surface area contributed by atoms with Gasteiger partial charge in [0.1, 0.15) is 5.65 Å². The van der Waals surface area contributed by atoms with Gasteiger partial charge in [-0.3, -0.25) is 9.20 Å². The lowest BCUT2D eigenvalue weighted by atomic mass is 9.85. The number of primary amides is 1. The van der Waals surface area contributed by atoms with Crippen LogP contribution in [0.3, 0.4) is 0 Å². The van der Waals surface area contributed by atoms with Gasteiger partial charge in [0, 0.05) is 31.4 Å². The Labute approximate surface area is 193 Å². The van der Waals surface area contributed by atoms with Gasteiger partial charge in [0.05, 0.1) is 17.6 Å². The zero-order chi connectivity index (χ0) is 22.9. The zero-order valence-corrected chi connectivity index (χ0v) is 19.0. The van der Waals surface area contributed by atoms with Crippen LogP contribution in [-0.2, 0) is 4.79 Å². The van der Waals surface area contributed by atoms with Gasteiger partial charge in [-0.2, -0.15) is 0 Å². The van der Waals surface area contributed by atoms with E-state index in [0.29, 0.717) is 12.0 Å². The first kappa shape index (κ1) is 21.1. The fourth-order valence-corrected chi connectivity index (χ4v) is 4.73. The fourth-order valence-electron chi connectivity index (χ4n) is 4.73. The smallest absolute Gasteiger partial charge is 0.225 e. The molecule has 1 aliphatic rings. The number of pyridine rings is 1. The Bertz CT molecular complexity index is 1290. The van der Waals surface area contributed by atoms with Crippen molar-refractivity contribution in [3.05, 3.63) is 66.6 Å². The maximum atomic E-state index is 11.5. The van der Waals surface area contributed by atoms with E-state index in [9.17, 15) is 4.79 Å². The number of carbonyl (C=O) groups is 1. The molecule has 0 atom stereocenters. The number of nitrogens with zero attached hydrogens (tertiary/aromatic N) is 5. The van der Waals surface area contributed by atoms with Crippen LogP contribution in [0.25, 0.3) is 28.2 Å². The number of hydrogen-bond donors (Lipinski definition) is 1. The second-order valence-electron chi connectivity index (χ2n) is 8.88. The second kappa shape index (κ2) is 8.65. The van der Waals surface area contributed by atoms with Crippen LogP contribution in [-0.4, -0.2) is 38.3 Å². The first-order chi connectivity index (χ1) is 16.0. The van der Waals surface area contributed by atoms with Gasteiger partial charge in [0.25, 0.3) is 0 Å². The van der Waals surface area contributed by atoms with Crippen molar-refractivity contribution in [1.29, 1.82) is 0 Å². The minimum atomic E-state index is -0.188. The average molecular weight is 441 g/mol. The molecule has 2 N–H and O–H groups in total.